The van der Waals surface area contributed by atoms with Gasteiger partial charge in [-0.1, -0.05) is 32.0 Å². The van der Waals surface area contributed by atoms with E-state index < -0.39 is 6.09 Å². The Bertz CT molecular complexity index is 430. The summed E-state index contributed by atoms with van der Waals surface area (Å²) in [4.78, 5) is 14.2. The van der Waals surface area contributed by atoms with Crippen LogP contribution in [0.1, 0.15) is 13.8 Å². The number of nitrogens with one attached hydrogen (secondary N) is 1. The molecule has 116 valence electrons. The summed E-state index contributed by atoms with van der Waals surface area (Å²) < 4.78 is 10.6. The largest absolute Gasteiger partial charge is 0.412 e. The number of carbonyl (C=O) groups excluding carboxylic acids is 1. The van der Waals surface area contributed by atoms with E-state index in [2.05, 4.69) is 24.1 Å². The van der Waals surface area contributed by atoms with Gasteiger partial charge in [0.15, 0.2) is 0 Å². The molecule has 1 aromatic carbocycles. The number of nitrogens with zero attached hydrogens (tertiary/aromatic N) is 1. The third-order valence-electron chi connectivity index (χ3n) is 3.69. The molecular formula is C16H24N2O3. The SMILES string of the molecule is CC(C)C(CNC(=O)Oc1ccccc1)N1CCOCC1. The van der Waals surface area contributed by atoms with Gasteiger partial charge in [0, 0.05) is 25.7 Å². The molecule has 0 bridgehead atoms. The highest BCUT2D eigenvalue weighted by molar-refractivity contribution is 5.70. The van der Waals surface area contributed by atoms with Crippen molar-refractivity contribution in [3.05, 3.63) is 30.3 Å². The normalized spacial score (nSPS) is 17.5. The first-order valence-electron chi connectivity index (χ1n) is 7.49. The molecule has 1 atom stereocenters. The fraction of sp³-hybridized carbons (Fsp3) is 0.562. The molecule has 1 aliphatic heterocycles. The highest BCUT2D eigenvalue weighted by Crippen LogP contribution is 2.13. The second kappa shape index (κ2) is 8.00. The topological polar surface area (TPSA) is 50.8 Å². The van der Waals surface area contributed by atoms with Crippen LogP contribution in [0.2, 0.25) is 0 Å². The van der Waals surface area contributed by atoms with E-state index in [-0.39, 0.29) is 0 Å². The number of hydrogen-bond acceptors (Lipinski definition) is 4. The maximum absolute atomic E-state index is 11.8. The van der Waals surface area contributed by atoms with Gasteiger partial charge < -0.3 is 14.8 Å². The van der Waals surface area contributed by atoms with Crippen molar-refractivity contribution in [1.82, 2.24) is 10.2 Å². The minimum absolute atomic E-state index is 0.303. The van der Waals surface area contributed by atoms with E-state index in [0.29, 0.717) is 24.3 Å². The predicted octanol–water partition coefficient (Wildman–Crippen LogP) is 2.13. The summed E-state index contributed by atoms with van der Waals surface area (Å²) in [5.41, 5.74) is 0. The first-order chi connectivity index (χ1) is 10.2. The van der Waals surface area contributed by atoms with Gasteiger partial charge in [-0.2, -0.15) is 0 Å². The van der Waals surface area contributed by atoms with Crippen LogP contribution in [-0.4, -0.2) is 49.9 Å². The summed E-state index contributed by atoms with van der Waals surface area (Å²) in [5.74, 6) is 1.02. The van der Waals surface area contributed by atoms with Crippen LogP contribution in [0.25, 0.3) is 0 Å². The van der Waals surface area contributed by atoms with Gasteiger partial charge in [0.2, 0.25) is 0 Å². The predicted molar refractivity (Wildman–Crippen MR) is 81.5 cm³/mol. The number of rotatable bonds is 5. The monoisotopic (exact) mass is 292 g/mol. The molecule has 21 heavy (non-hydrogen) atoms. The number of hydrogen-bond donors (Lipinski definition) is 1. The zero-order chi connectivity index (χ0) is 15.1. The maximum Gasteiger partial charge on any atom is 0.412 e. The van der Waals surface area contributed by atoms with E-state index in [1.807, 2.05) is 18.2 Å². The minimum Gasteiger partial charge on any atom is -0.410 e. The molecular weight excluding hydrogens is 268 g/mol. The third kappa shape index (κ3) is 5.02. The van der Waals surface area contributed by atoms with Crippen LogP contribution in [-0.2, 0) is 4.74 Å². The number of para-hydroxylation sites is 1. The quantitative estimate of drug-likeness (QED) is 0.903. The molecule has 5 nitrogen and oxygen atoms in total. The Labute approximate surface area is 126 Å². The van der Waals surface area contributed by atoms with Crippen LogP contribution >= 0.6 is 0 Å². The van der Waals surface area contributed by atoms with Crippen LogP contribution in [0.4, 0.5) is 4.79 Å². The Hall–Kier alpha value is -1.59. The van der Waals surface area contributed by atoms with E-state index in [0.717, 1.165) is 26.3 Å². The van der Waals surface area contributed by atoms with Gasteiger partial charge in [-0.25, -0.2) is 4.79 Å². The number of benzene rings is 1. The Morgan fingerprint density at radius 1 is 1.29 bits per heavy atom. The summed E-state index contributed by atoms with van der Waals surface area (Å²) in [6.45, 7) is 8.28. The fourth-order valence-electron chi connectivity index (χ4n) is 2.52. The lowest BCUT2D eigenvalue weighted by atomic mass is 10.0. The van der Waals surface area contributed by atoms with Gasteiger partial charge in [0.05, 0.1) is 13.2 Å². The van der Waals surface area contributed by atoms with Gasteiger partial charge in [0.1, 0.15) is 5.75 Å². The highest BCUT2D eigenvalue weighted by atomic mass is 16.6. The number of ether oxygens (including phenoxy) is 2. The molecule has 1 saturated heterocycles. The van der Waals surface area contributed by atoms with Crippen LogP contribution in [0.5, 0.6) is 5.75 Å². The van der Waals surface area contributed by atoms with Crippen molar-refractivity contribution in [1.29, 1.82) is 0 Å². The molecule has 0 aliphatic carbocycles. The maximum atomic E-state index is 11.8. The van der Waals surface area contributed by atoms with Crippen molar-refractivity contribution in [3.63, 3.8) is 0 Å². The van der Waals surface area contributed by atoms with Crippen molar-refractivity contribution in [3.8, 4) is 5.75 Å². The van der Waals surface area contributed by atoms with E-state index in [4.69, 9.17) is 9.47 Å². The second-order valence-corrected chi connectivity index (χ2v) is 5.54. The van der Waals surface area contributed by atoms with E-state index in [1.54, 1.807) is 12.1 Å². The Kier molecular flexibility index (Phi) is 6.02. The number of morpholine rings is 1. The second-order valence-electron chi connectivity index (χ2n) is 5.54. The van der Waals surface area contributed by atoms with Gasteiger partial charge >= 0.3 is 6.09 Å². The number of amides is 1. The molecule has 1 fully saturated rings. The van der Waals surface area contributed by atoms with Crippen LogP contribution in [0.15, 0.2) is 30.3 Å². The van der Waals surface area contributed by atoms with Crippen molar-refractivity contribution in [2.24, 2.45) is 5.92 Å². The average Bonchev–Trinajstić information content (AvgIpc) is 2.49. The van der Waals surface area contributed by atoms with Crippen molar-refractivity contribution in [2.45, 2.75) is 19.9 Å². The molecule has 0 spiro atoms. The third-order valence-corrected chi connectivity index (χ3v) is 3.69. The van der Waals surface area contributed by atoms with Crippen molar-refractivity contribution >= 4 is 6.09 Å². The zero-order valence-corrected chi connectivity index (χ0v) is 12.7. The lowest BCUT2D eigenvalue weighted by Gasteiger charge is -2.36. The Morgan fingerprint density at radius 2 is 1.95 bits per heavy atom. The first-order valence-corrected chi connectivity index (χ1v) is 7.49. The molecule has 5 heteroatoms. The smallest absolute Gasteiger partial charge is 0.410 e. The van der Waals surface area contributed by atoms with E-state index >= 15 is 0 Å². The van der Waals surface area contributed by atoms with Gasteiger partial charge in [-0.15, -0.1) is 0 Å². The molecule has 0 aromatic heterocycles. The summed E-state index contributed by atoms with van der Waals surface area (Å²) >= 11 is 0. The molecule has 2 rings (SSSR count). The lowest BCUT2D eigenvalue weighted by Crippen LogP contribution is -2.51. The molecule has 0 radical (unpaired) electrons. The number of carbonyl (C=O) groups is 1. The van der Waals surface area contributed by atoms with Gasteiger partial charge in [-0.05, 0) is 18.1 Å². The molecule has 1 unspecified atom stereocenters. The first kappa shape index (κ1) is 15.8. The highest BCUT2D eigenvalue weighted by Gasteiger charge is 2.24. The Morgan fingerprint density at radius 3 is 2.57 bits per heavy atom. The Balaban J connectivity index is 1.82. The fourth-order valence-corrected chi connectivity index (χ4v) is 2.52. The summed E-state index contributed by atoms with van der Waals surface area (Å²) in [7, 11) is 0. The lowest BCUT2D eigenvalue weighted by molar-refractivity contribution is 0.00689. The standard InChI is InChI=1S/C16H24N2O3/c1-13(2)15(18-8-10-20-11-9-18)12-17-16(19)21-14-6-4-3-5-7-14/h3-7,13,15H,8-12H2,1-2H3,(H,17,19). The molecule has 1 N–H and O–H groups in total. The van der Waals surface area contributed by atoms with Gasteiger partial charge in [0.25, 0.3) is 0 Å². The minimum atomic E-state index is -0.403. The summed E-state index contributed by atoms with van der Waals surface area (Å²) in [6, 6.07) is 9.40. The average molecular weight is 292 g/mol. The van der Waals surface area contributed by atoms with Crippen LogP contribution in [0.3, 0.4) is 0 Å². The zero-order valence-electron chi connectivity index (χ0n) is 12.7. The van der Waals surface area contributed by atoms with Crippen molar-refractivity contribution < 1.29 is 14.3 Å². The molecule has 0 saturated carbocycles. The summed E-state index contributed by atoms with van der Waals surface area (Å²) in [6.07, 6.45) is -0.403. The molecule has 1 amide bonds. The van der Waals surface area contributed by atoms with E-state index in [9.17, 15) is 4.79 Å². The molecule has 1 heterocycles. The van der Waals surface area contributed by atoms with E-state index in [1.165, 1.54) is 0 Å². The van der Waals surface area contributed by atoms with Gasteiger partial charge in [-0.3, -0.25) is 4.90 Å². The molecule has 1 aromatic rings. The van der Waals surface area contributed by atoms with Crippen molar-refractivity contribution in [2.75, 3.05) is 32.8 Å². The summed E-state index contributed by atoms with van der Waals surface area (Å²) in [5, 5.41) is 2.87. The molecule has 1 aliphatic rings. The van der Waals surface area contributed by atoms with Crippen LogP contribution in [0, 0.1) is 5.92 Å². The van der Waals surface area contributed by atoms with Crippen LogP contribution < -0.4 is 10.1 Å².